The third-order valence-corrected chi connectivity index (χ3v) is 2.69. The summed E-state index contributed by atoms with van der Waals surface area (Å²) < 4.78 is 4.89. The van der Waals surface area contributed by atoms with E-state index in [0.29, 0.717) is 13.2 Å². The van der Waals surface area contributed by atoms with Gasteiger partial charge in [-0.1, -0.05) is 0 Å². The largest absolute Gasteiger partial charge is 0.383 e. The molecule has 1 N–H and O–H groups in total. The molecular formula is C9H13N3OS. The lowest BCUT2D eigenvalue weighted by Crippen LogP contribution is -2.23. The van der Waals surface area contributed by atoms with Crippen molar-refractivity contribution in [2.45, 2.75) is 13.0 Å². The lowest BCUT2D eigenvalue weighted by molar-refractivity contribution is 0.198. The predicted molar refractivity (Wildman–Crippen MR) is 55.1 cm³/mol. The number of nitriles is 1. The number of aryl methyl sites for hydroxylation is 1. The topological polar surface area (TPSA) is 57.9 Å². The SMILES string of the molecule is COCCNC(C#N)c1nc(C)cs1. The minimum absolute atomic E-state index is 0.316. The van der Waals surface area contributed by atoms with Crippen molar-refractivity contribution in [3.05, 3.63) is 16.1 Å². The van der Waals surface area contributed by atoms with Crippen LogP contribution in [0.4, 0.5) is 0 Å². The van der Waals surface area contributed by atoms with Gasteiger partial charge in [0, 0.05) is 24.7 Å². The number of hydrogen-bond acceptors (Lipinski definition) is 5. The predicted octanol–water partition coefficient (Wildman–Crippen LogP) is 1.25. The molecule has 1 rings (SSSR count). The maximum atomic E-state index is 8.90. The minimum atomic E-state index is -0.316. The van der Waals surface area contributed by atoms with Crippen molar-refractivity contribution in [3.8, 4) is 6.07 Å². The second-order valence-corrected chi connectivity index (χ2v) is 3.73. The highest BCUT2D eigenvalue weighted by molar-refractivity contribution is 7.09. The quantitative estimate of drug-likeness (QED) is 0.745. The molecule has 1 atom stereocenters. The Hall–Kier alpha value is -0.960. The van der Waals surface area contributed by atoms with Gasteiger partial charge in [0.15, 0.2) is 0 Å². The summed E-state index contributed by atoms with van der Waals surface area (Å²) in [5.74, 6) is 0. The molecular weight excluding hydrogens is 198 g/mol. The summed E-state index contributed by atoms with van der Waals surface area (Å²) in [6.45, 7) is 3.18. The van der Waals surface area contributed by atoms with Crippen molar-refractivity contribution < 1.29 is 4.74 Å². The van der Waals surface area contributed by atoms with Crippen molar-refractivity contribution in [1.82, 2.24) is 10.3 Å². The summed E-state index contributed by atoms with van der Waals surface area (Å²) in [6, 6.07) is 1.86. The zero-order valence-electron chi connectivity index (χ0n) is 8.28. The highest BCUT2D eigenvalue weighted by atomic mass is 32.1. The first-order chi connectivity index (χ1) is 6.77. The molecule has 4 nitrogen and oxygen atoms in total. The second-order valence-electron chi connectivity index (χ2n) is 2.84. The van der Waals surface area contributed by atoms with E-state index in [2.05, 4.69) is 16.4 Å². The van der Waals surface area contributed by atoms with Crippen LogP contribution in [0.15, 0.2) is 5.38 Å². The smallest absolute Gasteiger partial charge is 0.148 e. The van der Waals surface area contributed by atoms with Gasteiger partial charge < -0.3 is 4.74 Å². The summed E-state index contributed by atoms with van der Waals surface area (Å²) in [4.78, 5) is 4.25. The van der Waals surface area contributed by atoms with E-state index in [9.17, 15) is 0 Å². The fraction of sp³-hybridized carbons (Fsp3) is 0.556. The average molecular weight is 211 g/mol. The van der Waals surface area contributed by atoms with Crippen LogP contribution < -0.4 is 5.32 Å². The monoisotopic (exact) mass is 211 g/mol. The van der Waals surface area contributed by atoms with E-state index >= 15 is 0 Å². The number of nitrogens with zero attached hydrogens (tertiary/aromatic N) is 2. The second kappa shape index (κ2) is 5.70. The van der Waals surface area contributed by atoms with Gasteiger partial charge in [-0.15, -0.1) is 11.3 Å². The third kappa shape index (κ3) is 3.07. The molecule has 0 bridgehead atoms. The Morgan fingerprint density at radius 2 is 2.57 bits per heavy atom. The van der Waals surface area contributed by atoms with Crippen LogP contribution in [0.2, 0.25) is 0 Å². The van der Waals surface area contributed by atoms with Gasteiger partial charge in [-0.25, -0.2) is 4.98 Å². The molecule has 0 aromatic carbocycles. The van der Waals surface area contributed by atoms with Gasteiger partial charge in [0.1, 0.15) is 11.0 Å². The van der Waals surface area contributed by atoms with Crippen LogP contribution in [0, 0.1) is 18.3 Å². The molecule has 5 heteroatoms. The first-order valence-corrected chi connectivity index (χ1v) is 5.20. The number of thiazole rings is 1. The maximum Gasteiger partial charge on any atom is 0.148 e. The highest BCUT2D eigenvalue weighted by Crippen LogP contribution is 2.16. The molecule has 0 amide bonds. The van der Waals surface area contributed by atoms with Crippen molar-refractivity contribution >= 4 is 11.3 Å². The lowest BCUT2D eigenvalue weighted by atomic mass is 10.3. The zero-order chi connectivity index (χ0) is 10.4. The first kappa shape index (κ1) is 11.1. The molecule has 14 heavy (non-hydrogen) atoms. The maximum absolute atomic E-state index is 8.90. The zero-order valence-corrected chi connectivity index (χ0v) is 9.10. The first-order valence-electron chi connectivity index (χ1n) is 4.32. The molecule has 1 unspecified atom stereocenters. The molecule has 0 aliphatic carbocycles. The number of rotatable bonds is 5. The fourth-order valence-electron chi connectivity index (χ4n) is 0.998. The molecule has 0 aliphatic rings. The Morgan fingerprint density at radius 1 is 1.79 bits per heavy atom. The van der Waals surface area contributed by atoms with E-state index in [1.54, 1.807) is 7.11 Å². The van der Waals surface area contributed by atoms with E-state index in [4.69, 9.17) is 10.00 Å². The van der Waals surface area contributed by atoms with Gasteiger partial charge in [-0.2, -0.15) is 5.26 Å². The van der Waals surface area contributed by atoms with Crippen LogP contribution in [-0.4, -0.2) is 25.2 Å². The van der Waals surface area contributed by atoms with E-state index in [-0.39, 0.29) is 6.04 Å². The van der Waals surface area contributed by atoms with E-state index in [0.717, 1.165) is 10.7 Å². The van der Waals surface area contributed by atoms with Gasteiger partial charge >= 0.3 is 0 Å². The number of ether oxygens (including phenoxy) is 1. The number of hydrogen-bond donors (Lipinski definition) is 1. The standard InChI is InChI=1S/C9H13N3OS/c1-7-6-14-9(12-7)8(5-10)11-3-4-13-2/h6,8,11H,3-4H2,1-2H3. The van der Waals surface area contributed by atoms with Gasteiger partial charge in [0.2, 0.25) is 0 Å². The summed E-state index contributed by atoms with van der Waals surface area (Å²) in [7, 11) is 1.64. The Balaban J connectivity index is 2.51. The molecule has 0 saturated heterocycles. The third-order valence-electron chi connectivity index (χ3n) is 1.67. The van der Waals surface area contributed by atoms with Crippen LogP contribution in [-0.2, 0) is 4.74 Å². The Labute approximate surface area is 87.5 Å². The molecule has 0 spiro atoms. The van der Waals surface area contributed by atoms with Crippen molar-refractivity contribution in [2.75, 3.05) is 20.3 Å². The Bertz CT molecular complexity index is 318. The molecule has 1 aromatic rings. The minimum Gasteiger partial charge on any atom is -0.383 e. The van der Waals surface area contributed by atoms with Gasteiger partial charge in [0.05, 0.1) is 12.7 Å². The van der Waals surface area contributed by atoms with Crippen molar-refractivity contribution in [3.63, 3.8) is 0 Å². The molecule has 0 aliphatic heterocycles. The average Bonchev–Trinajstić information content (AvgIpc) is 2.60. The van der Waals surface area contributed by atoms with Crippen LogP contribution in [0.3, 0.4) is 0 Å². The van der Waals surface area contributed by atoms with E-state index in [1.165, 1.54) is 11.3 Å². The van der Waals surface area contributed by atoms with Crippen LogP contribution >= 0.6 is 11.3 Å². The van der Waals surface area contributed by atoms with Crippen LogP contribution in [0.25, 0.3) is 0 Å². The Kier molecular flexibility index (Phi) is 4.53. The Morgan fingerprint density at radius 3 is 3.07 bits per heavy atom. The van der Waals surface area contributed by atoms with Crippen LogP contribution in [0.1, 0.15) is 16.7 Å². The fourth-order valence-corrected chi connectivity index (χ4v) is 1.81. The lowest BCUT2D eigenvalue weighted by Gasteiger charge is -2.07. The number of aromatic nitrogens is 1. The molecule has 1 heterocycles. The molecule has 0 radical (unpaired) electrons. The summed E-state index contributed by atoms with van der Waals surface area (Å²) in [6.07, 6.45) is 0. The van der Waals surface area contributed by atoms with Gasteiger partial charge in [-0.3, -0.25) is 5.32 Å². The number of methoxy groups -OCH3 is 1. The summed E-state index contributed by atoms with van der Waals surface area (Å²) in [5.41, 5.74) is 0.957. The molecule has 0 fully saturated rings. The van der Waals surface area contributed by atoms with Crippen molar-refractivity contribution in [2.24, 2.45) is 0 Å². The summed E-state index contributed by atoms with van der Waals surface area (Å²) in [5, 5.41) is 14.7. The summed E-state index contributed by atoms with van der Waals surface area (Å²) >= 11 is 1.50. The van der Waals surface area contributed by atoms with Crippen molar-refractivity contribution in [1.29, 1.82) is 5.26 Å². The molecule has 76 valence electrons. The van der Waals surface area contributed by atoms with Gasteiger partial charge in [0.25, 0.3) is 0 Å². The van der Waals surface area contributed by atoms with Crippen LogP contribution in [0.5, 0.6) is 0 Å². The normalized spacial score (nSPS) is 12.4. The number of nitrogens with one attached hydrogen (secondary N) is 1. The van der Waals surface area contributed by atoms with E-state index in [1.807, 2.05) is 12.3 Å². The highest BCUT2D eigenvalue weighted by Gasteiger charge is 2.12. The van der Waals surface area contributed by atoms with E-state index < -0.39 is 0 Å². The van der Waals surface area contributed by atoms with Gasteiger partial charge in [-0.05, 0) is 6.92 Å². The molecule has 1 aromatic heterocycles. The molecule has 0 saturated carbocycles.